The fourth-order valence-corrected chi connectivity index (χ4v) is 2.64. The number of rotatable bonds is 3. The monoisotopic (exact) mass is 300 g/mol. The van der Waals surface area contributed by atoms with Gasteiger partial charge in [0.15, 0.2) is 5.69 Å². The van der Waals surface area contributed by atoms with E-state index in [2.05, 4.69) is 25.9 Å². The van der Waals surface area contributed by atoms with Gasteiger partial charge < -0.3 is 10.6 Å². The van der Waals surface area contributed by atoms with Crippen molar-refractivity contribution in [3.63, 3.8) is 0 Å². The molecule has 2 aromatic rings. The van der Waals surface area contributed by atoms with E-state index >= 15 is 0 Å². The maximum atomic E-state index is 12.3. The molecular weight excluding hydrogens is 280 g/mol. The number of aryl methyl sites for hydroxylation is 2. The number of nitrogens with zero attached hydrogens (tertiary/aromatic N) is 4. The zero-order valence-corrected chi connectivity index (χ0v) is 12.8. The quantitative estimate of drug-likeness (QED) is 0.896. The highest BCUT2D eigenvalue weighted by molar-refractivity contribution is 6.02. The molecule has 1 saturated heterocycles. The average molecular weight is 300 g/mol. The molecule has 0 atom stereocenters. The summed E-state index contributed by atoms with van der Waals surface area (Å²) in [5, 5.41) is 14.2. The topological polar surface area (TPSA) is 84.7 Å². The number of piperidine rings is 1. The third-order valence-corrected chi connectivity index (χ3v) is 3.90. The zero-order chi connectivity index (χ0) is 15.5. The lowest BCUT2D eigenvalue weighted by Gasteiger charge is -2.22. The van der Waals surface area contributed by atoms with Crippen LogP contribution in [0.5, 0.6) is 0 Å². The van der Waals surface area contributed by atoms with Gasteiger partial charge in [0.05, 0.1) is 23.6 Å². The predicted octanol–water partition coefficient (Wildman–Crippen LogP) is 1.47. The fraction of sp³-hybridized carbons (Fsp3) is 0.467. The summed E-state index contributed by atoms with van der Waals surface area (Å²) in [6, 6.07) is 4.04. The van der Waals surface area contributed by atoms with Gasteiger partial charge in [-0.05, 0) is 51.9 Å². The van der Waals surface area contributed by atoms with Crippen molar-refractivity contribution < 1.29 is 4.79 Å². The van der Waals surface area contributed by atoms with Crippen LogP contribution >= 0.6 is 0 Å². The van der Waals surface area contributed by atoms with Crippen molar-refractivity contribution in [2.24, 2.45) is 0 Å². The predicted molar refractivity (Wildman–Crippen MR) is 82.8 cm³/mol. The van der Waals surface area contributed by atoms with Crippen LogP contribution in [0.3, 0.4) is 0 Å². The van der Waals surface area contributed by atoms with E-state index in [1.54, 1.807) is 10.9 Å². The molecule has 0 spiro atoms. The number of carbonyl (C=O) groups excluding carboxylic acids is 1. The molecule has 3 heterocycles. The number of hydrogen-bond acceptors (Lipinski definition) is 5. The minimum atomic E-state index is -0.256. The molecule has 1 amide bonds. The Hall–Kier alpha value is -2.28. The van der Waals surface area contributed by atoms with Gasteiger partial charge in [0.25, 0.3) is 5.91 Å². The van der Waals surface area contributed by atoms with Crippen LogP contribution in [0.4, 0.5) is 5.69 Å². The van der Waals surface area contributed by atoms with E-state index < -0.39 is 0 Å². The summed E-state index contributed by atoms with van der Waals surface area (Å²) in [6.07, 6.45) is 3.74. The van der Waals surface area contributed by atoms with E-state index in [9.17, 15) is 4.79 Å². The summed E-state index contributed by atoms with van der Waals surface area (Å²) in [5.41, 5.74) is 2.75. The minimum Gasteiger partial charge on any atom is -0.319 e. The van der Waals surface area contributed by atoms with Gasteiger partial charge in [-0.15, -0.1) is 5.10 Å². The lowest BCUT2D eigenvalue weighted by atomic mass is 10.1. The molecule has 116 valence electrons. The maximum absolute atomic E-state index is 12.3. The number of carbonyl (C=O) groups is 1. The van der Waals surface area contributed by atoms with Gasteiger partial charge in [-0.3, -0.25) is 9.78 Å². The highest BCUT2D eigenvalue weighted by Gasteiger charge is 2.19. The van der Waals surface area contributed by atoms with Crippen LogP contribution in [0.1, 0.15) is 40.8 Å². The number of nitrogens with one attached hydrogen (secondary N) is 2. The summed E-state index contributed by atoms with van der Waals surface area (Å²) in [4.78, 5) is 16.6. The Morgan fingerprint density at radius 3 is 2.82 bits per heavy atom. The summed E-state index contributed by atoms with van der Waals surface area (Å²) in [6.45, 7) is 5.73. The SMILES string of the molecule is Cc1ccc(NC(=O)c2cn(C3CCNCC3)nn2)c(C)n1. The number of aromatic nitrogens is 4. The lowest BCUT2D eigenvalue weighted by molar-refractivity contribution is 0.102. The van der Waals surface area contributed by atoms with Crippen molar-refractivity contribution in [3.05, 3.63) is 35.4 Å². The van der Waals surface area contributed by atoms with Crippen LogP contribution in [-0.4, -0.2) is 39.0 Å². The molecule has 3 rings (SSSR count). The Morgan fingerprint density at radius 1 is 1.32 bits per heavy atom. The zero-order valence-electron chi connectivity index (χ0n) is 12.8. The van der Waals surface area contributed by atoms with E-state index in [0.29, 0.717) is 17.4 Å². The molecule has 0 aromatic carbocycles. The second kappa shape index (κ2) is 6.23. The molecule has 0 saturated carbocycles. The molecule has 2 N–H and O–H groups in total. The number of hydrogen-bond donors (Lipinski definition) is 2. The van der Waals surface area contributed by atoms with Gasteiger partial charge >= 0.3 is 0 Å². The molecule has 7 heteroatoms. The van der Waals surface area contributed by atoms with E-state index in [-0.39, 0.29) is 5.91 Å². The normalized spacial score (nSPS) is 15.7. The standard InChI is InChI=1S/C15H20N6O/c1-10-3-4-13(11(2)17-10)18-15(22)14-9-21(20-19-14)12-5-7-16-8-6-12/h3-4,9,12,16H,5-8H2,1-2H3,(H,18,22). The average Bonchev–Trinajstić information content (AvgIpc) is 3.01. The van der Waals surface area contributed by atoms with Crippen LogP contribution in [0.25, 0.3) is 0 Å². The lowest BCUT2D eigenvalue weighted by Crippen LogP contribution is -2.29. The summed E-state index contributed by atoms with van der Waals surface area (Å²) < 4.78 is 1.80. The Morgan fingerprint density at radius 2 is 2.09 bits per heavy atom. The van der Waals surface area contributed by atoms with Crippen LogP contribution in [0.15, 0.2) is 18.3 Å². The Bertz CT molecular complexity index is 674. The van der Waals surface area contributed by atoms with E-state index in [1.807, 2.05) is 26.0 Å². The second-order valence-electron chi connectivity index (χ2n) is 5.60. The van der Waals surface area contributed by atoms with Crippen LogP contribution in [0.2, 0.25) is 0 Å². The van der Waals surface area contributed by atoms with Gasteiger partial charge in [0, 0.05) is 5.69 Å². The fourth-order valence-electron chi connectivity index (χ4n) is 2.64. The molecule has 1 aliphatic rings. The number of anilines is 1. The van der Waals surface area contributed by atoms with E-state index in [4.69, 9.17) is 0 Å². The van der Waals surface area contributed by atoms with Crippen molar-refractivity contribution in [2.45, 2.75) is 32.7 Å². The van der Waals surface area contributed by atoms with Gasteiger partial charge in [-0.25, -0.2) is 4.68 Å². The molecule has 0 bridgehead atoms. The molecule has 0 radical (unpaired) electrons. The molecule has 7 nitrogen and oxygen atoms in total. The first-order valence-corrected chi connectivity index (χ1v) is 7.51. The van der Waals surface area contributed by atoms with Crippen molar-refractivity contribution in [3.8, 4) is 0 Å². The third kappa shape index (κ3) is 3.14. The molecule has 0 aliphatic carbocycles. The van der Waals surface area contributed by atoms with Crippen molar-refractivity contribution in [1.82, 2.24) is 25.3 Å². The van der Waals surface area contributed by atoms with Crippen molar-refractivity contribution >= 4 is 11.6 Å². The van der Waals surface area contributed by atoms with Gasteiger partial charge in [0.1, 0.15) is 0 Å². The van der Waals surface area contributed by atoms with Crippen molar-refractivity contribution in [2.75, 3.05) is 18.4 Å². The van der Waals surface area contributed by atoms with Crippen LogP contribution in [-0.2, 0) is 0 Å². The van der Waals surface area contributed by atoms with Gasteiger partial charge in [0.2, 0.25) is 0 Å². The molecule has 22 heavy (non-hydrogen) atoms. The Balaban J connectivity index is 1.71. The highest BCUT2D eigenvalue weighted by atomic mass is 16.2. The van der Waals surface area contributed by atoms with Crippen molar-refractivity contribution in [1.29, 1.82) is 0 Å². The largest absolute Gasteiger partial charge is 0.319 e. The molecule has 1 fully saturated rings. The molecule has 0 unspecified atom stereocenters. The maximum Gasteiger partial charge on any atom is 0.277 e. The third-order valence-electron chi connectivity index (χ3n) is 3.90. The highest BCUT2D eigenvalue weighted by Crippen LogP contribution is 2.18. The van der Waals surface area contributed by atoms with E-state index in [0.717, 1.165) is 37.3 Å². The minimum absolute atomic E-state index is 0.256. The first kappa shape index (κ1) is 14.6. The first-order valence-electron chi connectivity index (χ1n) is 7.51. The molecular formula is C15H20N6O. The summed E-state index contributed by atoms with van der Waals surface area (Å²) in [7, 11) is 0. The van der Waals surface area contributed by atoms with Gasteiger partial charge in [-0.2, -0.15) is 0 Å². The summed E-state index contributed by atoms with van der Waals surface area (Å²) in [5.74, 6) is -0.256. The molecule has 2 aromatic heterocycles. The Kier molecular flexibility index (Phi) is 4.15. The van der Waals surface area contributed by atoms with Crippen LogP contribution in [0, 0.1) is 13.8 Å². The summed E-state index contributed by atoms with van der Waals surface area (Å²) >= 11 is 0. The smallest absolute Gasteiger partial charge is 0.277 e. The van der Waals surface area contributed by atoms with Crippen LogP contribution < -0.4 is 10.6 Å². The van der Waals surface area contributed by atoms with Gasteiger partial charge in [-0.1, -0.05) is 5.21 Å². The Labute approximate surface area is 129 Å². The molecule has 1 aliphatic heterocycles. The number of pyridine rings is 1. The second-order valence-corrected chi connectivity index (χ2v) is 5.60. The first-order chi connectivity index (χ1) is 10.6. The van der Waals surface area contributed by atoms with E-state index in [1.165, 1.54) is 0 Å². The number of amides is 1.